The van der Waals surface area contributed by atoms with E-state index in [1.807, 2.05) is 20.8 Å². The summed E-state index contributed by atoms with van der Waals surface area (Å²) in [6.45, 7) is 6.78. The Labute approximate surface area is 130 Å². The Balaban J connectivity index is 2.34. The van der Waals surface area contributed by atoms with Gasteiger partial charge in [0.15, 0.2) is 12.4 Å². The first kappa shape index (κ1) is 17.7. The van der Waals surface area contributed by atoms with Crippen LogP contribution in [-0.2, 0) is 9.59 Å². The van der Waals surface area contributed by atoms with E-state index in [0.29, 0.717) is 11.3 Å². The largest absolute Gasteiger partial charge is 0.484 e. The summed E-state index contributed by atoms with van der Waals surface area (Å²) in [6.07, 6.45) is 0. The zero-order valence-electron chi connectivity index (χ0n) is 13.4. The lowest BCUT2D eigenvalue weighted by Crippen LogP contribution is -2.46. The van der Waals surface area contributed by atoms with Gasteiger partial charge < -0.3 is 15.4 Å². The van der Waals surface area contributed by atoms with Crippen LogP contribution in [0.2, 0.25) is 0 Å². The first-order valence-electron chi connectivity index (χ1n) is 6.99. The monoisotopic (exact) mass is 306 g/mol. The molecule has 0 saturated heterocycles. The molecule has 0 radical (unpaired) electrons. The van der Waals surface area contributed by atoms with Crippen LogP contribution in [0.25, 0.3) is 0 Å². The van der Waals surface area contributed by atoms with E-state index in [-0.39, 0.29) is 36.3 Å². The lowest BCUT2D eigenvalue weighted by molar-refractivity contribution is -0.127. The van der Waals surface area contributed by atoms with E-state index < -0.39 is 0 Å². The Hall–Kier alpha value is -2.37. The molecule has 6 nitrogen and oxygen atoms in total. The van der Waals surface area contributed by atoms with Crippen molar-refractivity contribution in [1.29, 1.82) is 0 Å². The molecule has 120 valence electrons. The second-order valence-corrected chi connectivity index (χ2v) is 5.94. The summed E-state index contributed by atoms with van der Waals surface area (Å²) in [7, 11) is 0. The molecule has 0 saturated carbocycles. The Morgan fingerprint density at radius 2 is 1.64 bits per heavy atom. The molecule has 1 rings (SSSR count). The highest BCUT2D eigenvalue weighted by Gasteiger charge is 2.14. The van der Waals surface area contributed by atoms with Crippen molar-refractivity contribution < 1.29 is 19.1 Å². The van der Waals surface area contributed by atoms with Crippen LogP contribution in [0.15, 0.2) is 24.3 Å². The minimum Gasteiger partial charge on any atom is -0.484 e. The predicted octanol–water partition coefficient (Wildman–Crippen LogP) is 1.30. The third kappa shape index (κ3) is 6.88. The Morgan fingerprint density at radius 1 is 1.05 bits per heavy atom. The van der Waals surface area contributed by atoms with Crippen LogP contribution in [0.1, 0.15) is 38.1 Å². The van der Waals surface area contributed by atoms with E-state index in [1.165, 1.54) is 6.92 Å². The number of amides is 2. The van der Waals surface area contributed by atoms with E-state index in [2.05, 4.69) is 10.6 Å². The molecule has 0 aliphatic rings. The fraction of sp³-hybridized carbons (Fsp3) is 0.438. The van der Waals surface area contributed by atoms with Crippen LogP contribution < -0.4 is 15.4 Å². The van der Waals surface area contributed by atoms with Gasteiger partial charge in [-0.1, -0.05) is 0 Å². The predicted molar refractivity (Wildman–Crippen MR) is 82.8 cm³/mol. The number of ether oxygens (including phenoxy) is 1. The third-order valence-electron chi connectivity index (χ3n) is 2.59. The van der Waals surface area contributed by atoms with Crippen LogP contribution in [0.5, 0.6) is 5.75 Å². The summed E-state index contributed by atoms with van der Waals surface area (Å²) < 4.78 is 5.28. The highest BCUT2D eigenvalue weighted by Crippen LogP contribution is 2.12. The average Bonchev–Trinajstić information content (AvgIpc) is 2.41. The quantitative estimate of drug-likeness (QED) is 0.776. The number of ketones is 1. The molecule has 2 N–H and O–H groups in total. The average molecular weight is 306 g/mol. The number of rotatable bonds is 6. The van der Waals surface area contributed by atoms with Gasteiger partial charge in [-0.15, -0.1) is 0 Å². The molecule has 2 amide bonds. The molecule has 0 aromatic heterocycles. The van der Waals surface area contributed by atoms with Gasteiger partial charge in [0.2, 0.25) is 5.91 Å². The number of hydrogen-bond donors (Lipinski definition) is 2. The maximum atomic E-state index is 11.6. The van der Waals surface area contributed by atoms with Gasteiger partial charge in [0.05, 0.1) is 6.54 Å². The maximum absolute atomic E-state index is 11.6. The first-order valence-corrected chi connectivity index (χ1v) is 6.99. The van der Waals surface area contributed by atoms with Crippen molar-refractivity contribution >= 4 is 17.6 Å². The van der Waals surface area contributed by atoms with Crippen molar-refractivity contribution in [1.82, 2.24) is 10.6 Å². The van der Waals surface area contributed by atoms with Gasteiger partial charge in [0.1, 0.15) is 5.75 Å². The van der Waals surface area contributed by atoms with Crippen molar-refractivity contribution in [2.24, 2.45) is 0 Å². The first-order chi connectivity index (χ1) is 10.2. The van der Waals surface area contributed by atoms with Gasteiger partial charge >= 0.3 is 0 Å². The third-order valence-corrected chi connectivity index (χ3v) is 2.59. The second-order valence-electron chi connectivity index (χ2n) is 5.94. The van der Waals surface area contributed by atoms with Crippen LogP contribution in [0, 0.1) is 0 Å². The van der Waals surface area contributed by atoms with Crippen LogP contribution >= 0.6 is 0 Å². The number of benzene rings is 1. The van der Waals surface area contributed by atoms with Crippen molar-refractivity contribution in [2.75, 3.05) is 13.2 Å². The number of hydrogen-bond acceptors (Lipinski definition) is 4. The summed E-state index contributed by atoms with van der Waals surface area (Å²) in [5.74, 6) is -0.195. The SMILES string of the molecule is CC(=O)c1ccc(OCC(=O)NCC(=O)NC(C)(C)C)cc1. The molecule has 0 atom stereocenters. The number of Topliss-reactive ketones (excluding diaryl/α,β-unsaturated/α-hetero) is 1. The number of nitrogens with one attached hydrogen (secondary N) is 2. The zero-order chi connectivity index (χ0) is 16.8. The molecule has 1 aromatic rings. The van der Waals surface area contributed by atoms with Gasteiger partial charge in [0, 0.05) is 11.1 Å². The lowest BCUT2D eigenvalue weighted by atomic mass is 10.1. The fourth-order valence-corrected chi connectivity index (χ4v) is 1.63. The minimum atomic E-state index is -0.389. The van der Waals surface area contributed by atoms with Crippen molar-refractivity contribution in [3.8, 4) is 5.75 Å². The Bertz CT molecular complexity index is 544. The Kier molecular flexibility index (Phi) is 6.10. The second kappa shape index (κ2) is 7.59. The topological polar surface area (TPSA) is 84.5 Å². The van der Waals surface area contributed by atoms with E-state index in [1.54, 1.807) is 24.3 Å². The molecule has 0 unspecified atom stereocenters. The molecule has 0 aliphatic carbocycles. The maximum Gasteiger partial charge on any atom is 0.258 e. The molecule has 0 spiro atoms. The smallest absolute Gasteiger partial charge is 0.258 e. The Morgan fingerprint density at radius 3 is 2.14 bits per heavy atom. The van der Waals surface area contributed by atoms with Crippen LogP contribution in [-0.4, -0.2) is 36.3 Å². The van der Waals surface area contributed by atoms with Crippen LogP contribution in [0.4, 0.5) is 0 Å². The molecular weight excluding hydrogens is 284 g/mol. The molecule has 0 aliphatic heterocycles. The van der Waals surface area contributed by atoms with E-state index in [4.69, 9.17) is 4.74 Å². The summed E-state index contributed by atoms with van der Waals surface area (Å²) in [6, 6.07) is 6.51. The summed E-state index contributed by atoms with van der Waals surface area (Å²) in [4.78, 5) is 34.3. The van der Waals surface area contributed by atoms with E-state index in [0.717, 1.165) is 0 Å². The molecule has 0 heterocycles. The zero-order valence-corrected chi connectivity index (χ0v) is 13.4. The highest BCUT2D eigenvalue weighted by molar-refractivity contribution is 5.94. The van der Waals surface area contributed by atoms with Crippen LogP contribution in [0.3, 0.4) is 0 Å². The number of carbonyl (C=O) groups is 3. The summed E-state index contributed by atoms with van der Waals surface area (Å²) >= 11 is 0. The van der Waals surface area contributed by atoms with Gasteiger partial charge in [0.25, 0.3) is 5.91 Å². The minimum absolute atomic E-state index is 0.0332. The molecular formula is C16H22N2O4. The molecule has 6 heteroatoms. The van der Waals surface area contributed by atoms with Gasteiger partial charge in [-0.2, -0.15) is 0 Å². The molecule has 1 aromatic carbocycles. The van der Waals surface area contributed by atoms with Gasteiger partial charge in [-0.25, -0.2) is 0 Å². The highest BCUT2D eigenvalue weighted by atomic mass is 16.5. The standard InChI is InChI=1S/C16H22N2O4/c1-11(19)12-5-7-13(8-6-12)22-10-15(21)17-9-14(20)18-16(2,3)4/h5-8H,9-10H2,1-4H3,(H,17,21)(H,18,20). The molecule has 22 heavy (non-hydrogen) atoms. The fourth-order valence-electron chi connectivity index (χ4n) is 1.63. The lowest BCUT2D eigenvalue weighted by Gasteiger charge is -2.20. The summed E-state index contributed by atoms with van der Waals surface area (Å²) in [5, 5.41) is 5.21. The number of carbonyl (C=O) groups excluding carboxylic acids is 3. The summed E-state index contributed by atoms with van der Waals surface area (Å²) in [5.41, 5.74) is 0.243. The van der Waals surface area contributed by atoms with E-state index >= 15 is 0 Å². The molecule has 0 fully saturated rings. The van der Waals surface area contributed by atoms with E-state index in [9.17, 15) is 14.4 Å². The van der Waals surface area contributed by atoms with Crippen molar-refractivity contribution in [2.45, 2.75) is 33.2 Å². The van der Waals surface area contributed by atoms with Gasteiger partial charge in [-0.05, 0) is 52.0 Å². The van der Waals surface area contributed by atoms with Crippen molar-refractivity contribution in [3.05, 3.63) is 29.8 Å². The van der Waals surface area contributed by atoms with Crippen molar-refractivity contribution in [3.63, 3.8) is 0 Å². The normalized spacial score (nSPS) is 10.7. The van der Waals surface area contributed by atoms with Gasteiger partial charge in [-0.3, -0.25) is 14.4 Å². The molecule has 0 bridgehead atoms.